The minimum absolute atomic E-state index is 0.121. The predicted octanol–water partition coefficient (Wildman–Crippen LogP) is 3.14. The zero-order valence-electron chi connectivity index (χ0n) is 11.6. The Kier molecular flexibility index (Phi) is 4.56. The molecule has 0 aliphatic rings. The molecule has 1 unspecified atom stereocenters. The Morgan fingerprint density at radius 3 is 2.85 bits per heavy atom. The summed E-state index contributed by atoms with van der Waals surface area (Å²) in [4.78, 5) is 4.17. The molecule has 0 radical (unpaired) electrons. The van der Waals surface area contributed by atoms with Crippen LogP contribution in [0.4, 0.5) is 5.82 Å². The van der Waals surface area contributed by atoms with Gasteiger partial charge in [0.05, 0.1) is 11.6 Å². The first-order valence-electron chi connectivity index (χ1n) is 6.49. The Bertz CT molecular complexity index is 602. The Balaban J connectivity index is 1.86. The number of nitrogens with zero attached hydrogens (tertiary/aromatic N) is 2. The summed E-state index contributed by atoms with van der Waals surface area (Å²) in [5, 5.41) is 11.9. The van der Waals surface area contributed by atoms with Crippen molar-refractivity contribution < 1.29 is 4.74 Å². The zero-order valence-corrected chi connectivity index (χ0v) is 11.6. The normalized spacial score (nSPS) is 11.4. The average molecular weight is 267 g/mol. The lowest BCUT2D eigenvalue weighted by Crippen LogP contribution is -2.24. The van der Waals surface area contributed by atoms with Crippen LogP contribution in [-0.4, -0.2) is 17.6 Å². The van der Waals surface area contributed by atoms with Crippen molar-refractivity contribution in [3.05, 3.63) is 53.7 Å². The SMILES string of the molecule is Cc1cccc(OCC(C)Nc2ccc(C#N)cn2)c1. The molecule has 0 bridgehead atoms. The molecule has 1 atom stereocenters. The van der Waals surface area contributed by atoms with E-state index in [0.717, 1.165) is 11.6 Å². The molecule has 1 N–H and O–H groups in total. The van der Waals surface area contributed by atoms with Crippen LogP contribution in [0.25, 0.3) is 0 Å². The Hall–Kier alpha value is -2.54. The van der Waals surface area contributed by atoms with Crippen molar-refractivity contribution >= 4 is 5.82 Å². The summed E-state index contributed by atoms with van der Waals surface area (Å²) >= 11 is 0. The quantitative estimate of drug-likeness (QED) is 0.904. The number of hydrogen-bond donors (Lipinski definition) is 1. The van der Waals surface area contributed by atoms with E-state index in [4.69, 9.17) is 10.00 Å². The number of pyridine rings is 1. The second kappa shape index (κ2) is 6.58. The molecule has 102 valence electrons. The van der Waals surface area contributed by atoms with E-state index in [1.165, 1.54) is 5.56 Å². The fraction of sp³-hybridized carbons (Fsp3) is 0.250. The van der Waals surface area contributed by atoms with E-state index >= 15 is 0 Å². The van der Waals surface area contributed by atoms with Crippen molar-refractivity contribution in [2.45, 2.75) is 19.9 Å². The number of nitriles is 1. The third kappa shape index (κ3) is 3.99. The van der Waals surface area contributed by atoms with Crippen LogP contribution in [0, 0.1) is 18.3 Å². The lowest BCUT2D eigenvalue weighted by atomic mass is 10.2. The molecule has 0 aliphatic heterocycles. The molecule has 0 aliphatic carbocycles. The topological polar surface area (TPSA) is 57.9 Å². The fourth-order valence-electron chi connectivity index (χ4n) is 1.77. The monoisotopic (exact) mass is 267 g/mol. The van der Waals surface area contributed by atoms with E-state index < -0.39 is 0 Å². The van der Waals surface area contributed by atoms with Gasteiger partial charge in [-0.1, -0.05) is 12.1 Å². The summed E-state index contributed by atoms with van der Waals surface area (Å²) in [6.45, 7) is 4.61. The van der Waals surface area contributed by atoms with Gasteiger partial charge in [0.15, 0.2) is 0 Å². The molecule has 1 aromatic carbocycles. The van der Waals surface area contributed by atoms with Crippen molar-refractivity contribution in [1.82, 2.24) is 4.98 Å². The zero-order chi connectivity index (χ0) is 14.4. The molecule has 0 saturated heterocycles. The molecule has 1 heterocycles. The molecular formula is C16H17N3O. The molecule has 0 spiro atoms. The van der Waals surface area contributed by atoms with E-state index in [-0.39, 0.29) is 6.04 Å². The second-order valence-electron chi connectivity index (χ2n) is 4.72. The number of aryl methyl sites for hydroxylation is 1. The van der Waals surface area contributed by atoms with E-state index in [0.29, 0.717) is 12.2 Å². The van der Waals surface area contributed by atoms with Crippen molar-refractivity contribution in [3.63, 3.8) is 0 Å². The van der Waals surface area contributed by atoms with Gasteiger partial charge in [-0.25, -0.2) is 4.98 Å². The molecule has 4 heteroatoms. The first-order chi connectivity index (χ1) is 9.67. The van der Waals surface area contributed by atoms with Crippen LogP contribution < -0.4 is 10.1 Å². The van der Waals surface area contributed by atoms with Crippen LogP contribution in [0.15, 0.2) is 42.6 Å². The van der Waals surface area contributed by atoms with E-state index in [9.17, 15) is 0 Å². The molecule has 0 amide bonds. The fourth-order valence-corrected chi connectivity index (χ4v) is 1.77. The average Bonchev–Trinajstić information content (AvgIpc) is 2.46. The lowest BCUT2D eigenvalue weighted by Gasteiger charge is -2.15. The van der Waals surface area contributed by atoms with Gasteiger partial charge in [-0.3, -0.25) is 0 Å². The van der Waals surface area contributed by atoms with Gasteiger partial charge in [-0.2, -0.15) is 5.26 Å². The highest BCUT2D eigenvalue weighted by atomic mass is 16.5. The minimum Gasteiger partial charge on any atom is -0.491 e. The van der Waals surface area contributed by atoms with Gasteiger partial charge in [0.25, 0.3) is 0 Å². The van der Waals surface area contributed by atoms with Gasteiger partial charge in [-0.15, -0.1) is 0 Å². The number of hydrogen-bond acceptors (Lipinski definition) is 4. The van der Waals surface area contributed by atoms with Crippen molar-refractivity contribution in [2.75, 3.05) is 11.9 Å². The highest BCUT2D eigenvalue weighted by Gasteiger charge is 2.04. The summed E-state index contributed by atoms with van der Waals surface area (Å²) in [5.41, 5.74) is 1.73. The van der Waals surface area contributed by atoms with Crippen LogP contribution in [-0.2, 0) is 0 Å². The largest absolute Gasteiger partial charge is 0.491 e. The van der Waals surface area contributed by atoms with Crippen LogP contribution in [0.3, 0.4) is 0 Å². The van der Waals surface area contributed by atoms with Crippen molar-refractivity contribution in [2.24, 2.45) is 0 Å². The third-order valence-corrected chi connectivity index (χ3v) is 2.78. The number of benzene rings is 1. The highest BCUT2D eigenvalue weighted by Crippen LogP contribution is 2.13. The van der Waals surface area contributed by atoms with E-state index in [1.807, 2.05) is 44.2 Å². The maximum Gasteiger partial charge on any atom is 0.126 e. The van der Waals surface area contributed by atoms with E-state index in [1.54, 1.807) is 18.3 Å². The molecule has 2 aromatic rings. The van der Waals surface area contributed by atoms with Gasteiger partial charge in [0.2, 0.25) is 0 Å². The van der Waals surface area contributed by atoms with Crippen molar-refractivity contribution in [3.8, 4) is 11.8 Å². The molecule has 1 aromatic heterocycles. The first-order valence-corrected chi connectivity index (χ1v) is 6.49. The lowest BCUT2D eigenvalue weighted by molar-refractivity contribution is 0.303. The van der Waals surface area contributed by atoms with Crippen LogP contribution in [0.1, 0.15) is 18.1 Å². The third-order valence-electron chi connectivity index (χ3n) is 2.78. The summed E-state index contributed by atoms with van der Waals surface area (Å²) in [6.07, 6.45) is 1.55. The molecule has 4 nitrogen and oxygen atoms in total. The summed E-state index contributed by atoms with van der Waals surface area (Å²) in [5.74, 6) is 1.61. The van der Waals surface area contributed by atoms with Crippen LogP contribution in [0.2, 0.25) is 0 Å². The standard InChI is InChI=1S/C16H17N3O/c1-12-4-3-5-15(8-12)20-11-13(2)19-16-7-6-14(9-17)10-18-16/h3-8,10,13H,11H2,1-2H3,(H,18,19). The number of aromatic nitrogens is 1. The van der Waals surface area contributed by atoms with Crippen LogP contribution >= 0.6 is 0 Å². The second-order valence-corrected chi connectivity index (χ2v) is 4.72. The molecule has 2 rings (SSSR count). The predicted molar refractivity (Wildman–Crippen MR) is 78.7 cm³/mol. The maximum atomic E-state index is 8.71. The number of ether oxygens (including phenoxy) is 1. The Morgan fingerprint density at radius 1 is 1.35 bits per heavy atom. The van der Waals surface area contributed by atoms with Crippen LogP contribution in [0.5, 0.6) is 5.75 Å². The summed E-state index contributed by atoms with van der Waals surface area (Å²) in [7, 11) is 0. The first kappa shape index (κ1) is 13.9. The van der Waals surface area contributed by atoms with Gasteiger partial charge in [-0.05, 0) is 43.7 Å². The van der Waals surface area contributed by atoms with Gasteiger partial charge < -0.3 is 10.1 Å². The summed E-state index contributed by atoms with van der Waals surface area (Å²) in [6, 6.07) is 13.7. The molecular weight excluding hydrogens is 250 g/mol. The highest BCUT2D eigenvalue weighted by molar-refractivity contribution is 5.39. The molecule has 0 saturated carbocycles. The number of nitrogens with one attached hydrogen (secondary N) is 1. The van der Waals surface area contributed by atoms with Gasteiger partial charge >= 0.3 is 0 Å². The smallest absolute Gasteiger partial charge is 0.126 e. The van der Waals surface area contributed by atoms with Crippen molar-refractivity contribution in [1.29, 1.82) is 5.26 Å². The summed E-state index contributed by atoms with van der Waals surface area (Å²) < 4.78 is 5.72. The number of anilines is 1. The van der Waals surface area contributed by atoms with Gasteiger partial charge in [0.1, 0.15) is 24.2 Å². The van der Waals surface area contributed by atoms with Gasteiger partial charge in [0, 0.05) is 6.20 Å². The Morgan fingerprint density at radius 2 is 2.20 bits per heavy atom. The molecule has 20 heavy (non-hydrogen) atoms. The maximum absolute atomic E-state index is 8.71. The van der Waals surface area contributed by atoms with E-state index in [2.05, 4.69) is 10.3 Å². The Labute approximate surface area is 119 Å². The molecule has 0 fully saturated rings. The number of rotatable bonds is 5. The minimum atomic E-state index is 0.121.